The average Bonchev–Trinajstić information content (AvgIpc) is 2.84. The number of benzene rings is 1. The molecule has 2 rings (SSSR count). The van der Waals surface area contributed by atoms with E-state index in [1.54, 1.807) is 7.05 Å². The number of nitrogens with zero attached hydrogens (tertiary/aromatic N) is 1. The van der Waals surface area contributed by atoms with Gasteiger partial charge in [0.2, 0.25) is 0 Å². The van der Waals surface area contributed by atoms with E-state index in [1.165, 1.54) is 17.4 Å². The predicted octanol–water partition coefficient (Wildman–Crippen LogP) is 4.03. The Kier molecular flexibility index (Phi) is 4.20. The summed E-state index contributed by atoms with van der Waals surface area (Å²) in [5.41, 5.74) is 1.17. The van der Waals surface area contributed by atoms with Crippen molar-refractivity contribution in [2.45, 2.75) is 32.2 Å². The third-order valence-electron chi connectivity index (χ3n) is 3.10. The minimum absolute atomic E-state index is 0.0620. The first-order chi connectivity index (χ1) is 9.32. The molecule has 1 aromatic heterocycles. The Hall–Kier alpha value is -1.33. The summed E-state index contributed by atoms with van der Waals surface area (Å²) in [5.74, 6) is -0.882. The van der Waals surface area contributed by atoms with Gasteiger partial charge in [-0.15, -0.1) is 11.3 Å². The first kappa shape index (κ1) is 15.1. The van der Waals surface area contributed by atoms with Gasteiger partial charge in [0.05, 0.1) is 11.7 Å². The molecule has 20 heavy (non-hydrogen) atoms. The summed E-state index contributed by atoms with van der Waals surface area (Å²) in [7, 11) is 1.72. The van der Waals surface area contributed by atoms with Gasteiger partial charge in [-0.25, -0.2) is 13.8 Å². The van der Waals surface area contributed by atoms with Crippen LogP contribution in [0, 0.1) is 11.6 Å². The topological polar surface area (TPSA) is 24.9 Å². The number of aromatic nitrogens is 1. The molecule has 0 saturated heterocycles. The van der Waals surface area contributed by atoms with Crippen molar-refractivity contribution in [3.05, 3.63) is 51.5 Å². The van der Waals surface area contributed by atoms with Gasteiger partial charge in [-0.05, 0) is 25.2 Å². The zero-order chi connectivity index (χ0) is 14.9. The lowest BCUT2D eigenvalue weighted by molar-refractivity contribution is 0.547. The van der Waals surface area contributed by atoms with Crippen molar-refractivity contribution < 1.29 is 8.78 Å². The highest BCUT2D eigenvalue weighted by atomic mass is 32.1. The summed E-state index contributed by atoms with van der Waals surface area (Å²) < 4.78 is 27.2. The molecule has 0 radical (unpaired) electrons. The molecule has 0 aliphatic heterocycles. The largest absolute Gasteiger partial charge is 0.307 e. The van der Waals surface area contributed by atoms with Crippen LogP contribution in [0.4, 0.5) is 8.78 Å². The summed E-state index contributed by atoms with van der Waals surface area (Å²) in [5, 5.41) is 5.72. The highest BCUT2D eigenvalue weighted by molar-refractivity contribution is 7.09. The van der Waals surface area contributed by atoms with Crippen molar-refractivity contribution in [3.63, 3.8) is 0 Å². The van der Waals surface area contributed by atoms with Gasteiger partial charge in [0, 0.05) is 16.4 Å². The molecular weight excluding hydrogens is 278 g/mol. The fourth-order valence-electron chi connectivity index (χ4n) is 1.91. The number of hydrogen-bond acceptors (Lipinski definition) is 3. The second-order valence-corrected chi connectivity index (χ2v) is 6.60. The summed E-state index contributed by atoms with van der Waals surface area (Å²) in [6.45, 7) is 6.22. The van der Waals surface area contributed by atoms with Crippen LogP contribution >= 0.6 is 11.3 Å². The van der Waals surface area contributed by atoms with Crippen LogP contribution in [0.25, 0.3) is 0 Å². The van der Waals surface area contributed by atoms with E-state index >= 15 is 0 Å². The van der Waals surface area contributed by atoms with Gasteiger partial charge in [0.1, 0.15) is 16.6 Å². The van der Waals surface area contributed by atoms with E-state index in [-0.39, 0.29) is 11.0 Å². The van der Waals surface area contributed by atoms with Gasteiger partial charge in [0.25, 0.3) is 0 Å². The monoisotopic (exact) mass is 296 g/mol. The number of thiazole rings is 1. The van der Waals surface area contributed by atoms with Crippen LogP contribution in [0.2, 0.25) is 0 Å². The number of hydrogen-bond donors (Lipinski definition) is 1. The number of halogens is 2. The Labute approximate surface area is 121 Å². The molecule has 1 aromatic carbocycles. The Morgan fingerprint density at radius 1 is 1.25 bits per heavy atom. The Balaban J connectivity index is 2.42. The van der Waals surface area contributed by atoms with Crippen LogP contribution in [0.3, 0.4) is 0 Å². The lowest BCUT2D eigenvalue weighted by atomic mass is 9.93. The fourth-order valence-corrected chi connectivity index (χ4v) is 3.08. The molecule has 0 amide bonds. The molecule has 0 aliphatic carbocycles. The summed E-state index contributed by atoms with van der Waals surface area (Å²) in [6.07, 6.45) is 0. The van der Waals surface area contributed by atoms with Crippen LogP contribution in [0.5, 0.6) is 0 Å². The highest BCUT2D eigenvalue weighted by Gasteiger charge is 2.23. The molecule has 0 saturated carbocycles. The summed E-state index contributed by atoms with van der Waals surface area (Å²) in [6, 6.07) is 3.04. The van der Waals surface area contributed by atoms with Gasteiger partial charge in [-0.3, -0.25) is 0 Å². The van der Waals surface area contributed by atoms with Gasteiger partial charge >= 0.3 is 0 Å². The maximum absolute atomic E-state index is 13.9. The van der Waals surface area contributed by atoms with Crippen molar-refractivity contribution in [3.8, 4) is 0 Å². The second kappa shape index (κ2) is 5.58. The van der Waals surface area contributed by atoms with Crippen molar-refractivity contribution >= 4 is 11.3 Å². The Morgan fingerprint density at radius 2 is 1.95 bits per heavy atom. The Bertz CT molecular complexity index is 602. The summed E-state index contributed by atoms with van der Waals surface area (Å²) >= 11 is 1.46. The van der Waals surface area contributed by atoms with Gasteiger partial charge in [-0.2, -0.15) is 0 Å². The molecule has 2 aromatic rings. The zero-order valence-corrected chi connectivity index (χ0v) is 12.8. The van der Waals surface area contributed by atoms with E-state index in [0.29, 0.717) is 0 Å². The second-order valence-electron chi connectivity index (χ2n) is 5.71. The van der Waals surface area contributed by atoms with E-state index in [0.717, 1.165) is 22.8 Å². The quantitative estimate of drug-likeness (QED) is 0.925. The van der Waals surface area contributed by atoms with Gasteiger partial charge in [-0.1, -0.05) is 20.8 Å². The highest BCUT2D eigenvalue weighted by Crippen LogP contribution is 2.31. The van der Waals surface area contributed by atoms with Crippen LogP contribution in [-0.2, 0) is 5.41 Å². The molecule has 0 bridgehead atoms. The lowest BCUT2D eigenvalue weighted by Gasteiger charge is -2.17. The molecule has 0 aliphatic rings. The molecular formula is C15H18F2N2S. The molecule has 1 atom stereocenters. The van der Waals surface area contributed by atoms with Crippen LogP contribution in [0.15, 0.2) is 23.6 Å². The maximum Gasteiger partial charge on any atom is 0.128 e. The maximum atomic E-state index is 13.9. The van der Waals surface area contributed by atoms with Gasteiger partial charge < -0.3 is 5.32 Å². The molecule has 5 heteroatoms. The van der Waals surface area contributed by atoms with Crippen molar-refractivity contribution in [2.75, 3.05) is 7.05 Å². The van der Waals surface area contributed by atoms with E-state index < -0.39 is 17.7 Å². The smallest absolute Gasteiger partial charge is 0.128 e. The molecule has 0 fully saturated rings. The standard InChI is InChI=1S/C15H18F2N2S/c1-15(2,3)12-8-20-14(19-12)13(18-4)10-7-9(16)5-6-11(10)17/h5-8,13,18H,1-4H3. The van der Waals surface area contributed by atoms with Gasteiger partial charge in [0.15, 0.2) is 0 Å². The van der Waals surface area contributed by atoms with E-state index in [2.05, 4.69) is 31.1 Å². The molecule has 1 N–H and O–H groups in total. The Morgan fingerprint density at radius 3 is 2.50 bits per heavy atom. The SMILES string of the molecule is CNC(c1nc(C(C)(C)C)cs1)c1cc(F)ccc1F. The molecule has 1 heterocycles. The fraction of sp³-hybridized carbons (Fsp3) is 0.400. The van der Waals surface area contributed by atoms with Crippen molar-refractivity contribution in [2.24, 2.45) is 0 Å². The number of rotatable bonds is 3. The summed E-state index contributed by atoms with van der Waals surface area (Å²) in [4.78, 5) is 4.57. The molecule has 108 valence electrons. The van der Waals surface area contributed by atoms with Crippen LogP contribution < -0.4 is 5.32 Å². The van der Waals surface area contributed by atoms with Crippen molar-refractivity contribution in [1.29, 1.82) is 0 Å². The number of nitrogens with one attached hydrogen (secondary N) is 1. The minimum atomic E-state index is -0.450. The van der Waals surface area contributed by atoms with E-state index in [9.17, 15) is 8.78 Å². The third-order valence-corrected chi connectivity index (χ3v) is 4.00. The average molecular weight is 296 g/mol. The third kappa shape index (κ3) is 3.04. The van der Waals surface area contributed by atoms with Crippen LogP contribution in [-0.4, -0.2) is 12.0 Å². The molecule has 0 spiro atoms. The van der Waals surface area contributed by atoms with E-state index in [4.69, 9.17) is 0 Å². The van der Waals surface area contributed by atoms with E-state index in [1.807, 2.05) is 5.38 Å². The van der Waals surface area contributed by atoms with Crippen LogP contribution in [0.1, 0.15) is 43.1 Å². The first-order valence-corrected chi connectivity index (χ1v) is 7.29. The zero-order valence-electron chi connectivity index (χ0n) is 12.0. The first-order valence-electron chi connectivity index (χ1n) is 6.41. The predicted molar refractivity (Wildman–Crippen MR) is 78.1 cm³/mol. The minimum Gasteiger partial charge on any atom is -0.307 e. The lowest BCUT2D eigenvalue weighted by Crippen LogP contribution is -2.20. The van der Waals surface area contributed by atoms with Crippen molar-refractivity contribution in [1.82, 2.24) is 10.3 Å². The molecule has 2 nitrogen and oxygen atoms in total. The molecule has 1 unspecified atom stereocenters. The normalized spacial score (nSPS) is 13.5.